The number of pyridine rings is 1. The van der Waals surface area contributed by atoms with Gasteiger partial charge in [0.2, 0.25) is 0 Å². The molecule has 1 heterocycles. The fourth-order valence-corrected chi connectivity index (χ4v) is 1.95. The maximum absolute atomic E-state index is 12.2. The Morgan fingerprint density at radius 3 is 2.70 bits per heavy atom. The molecule has 0 unspecified atom stereocenters. The summed E-state index contributed by atoms with van der Waals surface area (Å²) in [5, 5.41) is 11.5. The summed E-state index contributed by atoms with van der Waals surface area (Å²) >= 11 is 0. The Kier molecular flexibility index (Phi) is 4.55. The second kappa shape index (κ2) is 6.36. The minimum Gasteiger partial charge on any atom is -0.477 e. The molecule has 20 heavy (non-hydrogen) atoms. The van der Waals surface area contributed by atoms with Crippen molar-refractivity contribution in [1.82, 2.24) is 9.88 Å². The lowest BCUT2D eigenvalue weighted by Gasteiger charge is -2.22. The molecule has 0 atom stereocenters. The number of carboxylic acids is 1. The maximum Gasteiger partial charge on any atom is 0.354 e. The van der Waals surface area contributed by atoms with Crippen LogP contribution in [0.2, 0.25) is 0 Å². The van der Waals surface area contributed by atoms with Crippen molar-refractivity contribution in [3.63, 3.8) is 0 Å². The van der Waals surface area contributed by atoms with Crippen molar-refractivity contribution in [2.45, 2.75) is 38.6 Å². The van der Waals surface area contributed by atoms with Crippen LogP contribution in [0, 0.1) is 0 Å². The first-order chi connectivity index (χ1) is 9.61. The van der Waals surface area contributed by atoms with Crippen LogP contribution in [0.1, 0.15) is 43.1 Å². The van der Waals surface area contributed by atoms with Gasteiger partial charge < -0.3 is 15.3 Å². The van der Waals surface area contributed by atoms with E-state index >= 15 is 0 Å². The predicted octanol–water partition coefficient (Wildman–Crippen LogP) is 2.58. The van der Waals surface area contributed by atoms with Crippen molar-refractivity contribution in [1.29, 1.82) is 0 Å². The molecule has 1 saturated carbocycles. The van der Waals surface area contributed by atoms with Gasteiger partial charge in [-0.3, -0.25) is 0 Å². The summed E-state index contributed by atoms with van der Waals surface area (Å²) in [7, 11) is 0. The van der Waals surface area contributed by atoms with E-state index in [0.717, 1.165) is 32.2 Å². The highest BCUT2D eigenvalue weighted by atomic mass is 16.4. The minimum absolute atomic E-state index is 0.0342. The first-order valence-corrected chi connectivity index (χ1v) is 6.88. The topological polar surface area (TPSA) is 82.5 Å². The van der Waals surface area contributed by atoms with Crippen LogP contribution >= 0.6 is 0 Å². The van der Waals surface area contributed by atoms with E-state index in [0.29, 0.717) is 11.7 Å². The number of carbonyl (C=O) groups is 2. The van der Waals surface area contributed by atoms with Crippen LogP contribution in [0.4, 0.5) is 10.5 Å². The number of carbonyl (C=O) groups excluding carboxylic acids is 1. The van der Waals surface area contributed by atoms with E-state index in [1.807, 2.05) is 4.90 Å². The van der Waals surface area contributed by atoms with Gasteiger partial charge in [0.05, 0.1) is 11.9 Å². The number of rotatable bonds is 6. The number of nitrogens with zero attached hydrogens (tertiary/aromatic N) is 2. The summed E-state index contributed by atoms with van der Waals surface area (Å²) in [6.07, 6.45) is 5.53. The molecule has 0 saturated heterocycles. The van der Waals surface area contributed by atoms with Gasteiger partial charge in [0, 0.05) is 12.6 Å². The van der Waals surface area contributed by atoms with Gasteiger partial charge in [0.1, 0.15) is 5.69 Å². The second-order valence-electron chi connectivity index (χ2n) is 4.95. The number of hydrogen-bond donors (Lipinski definition) is 2. The SMILES string of the molecule is CCCCN(C(=O)Nc1ccc(C(=O)O)nc1)C1CC1. The molecular weight excluding hydrogens is 258 g/mol. The average molecular weight is 277 g/mol. The largest absolute Gasteiger partial charge is 0.477 e. The first-order valence-electron chi connectivity index (χ1n) is 6.88. The molecule has 0 spiro atoms. The van der Waals surface area contributed by atoms with E-state index in [9.17, 15) is 9.59 Å². The minimum atomic E-state index is -1.08. The highest BCUT2D eigenvalue weighted by Gasteiger charge is 2.32. The van der Waals surface area contributed by atoms with Gasteiger partial charge in [-0.15, -0.1) is 0 Å². The van der Waals surface area contributed by atoms with Crippen molar-refractivity contribution in [2.24, 2.45) is 0 Å². The molecule has 108 valence electrons. The smallest absolute Gasteiger partial charge is 0.354 e. The summed E-state index contributed by atoms with van der Waals surface area (Å²) in [6, 6.07) is 3.16. The molecule has 1 aromatic rings. The van der Waals surface area contributed by atoms with Gasteiger partial charge >= 0.3 is 12.0 Å². The molecule has 2 amide bonds. The number of aromatic carboxylic acids is 1. The van der Waals surface area contributed by atoms with Crippen molar-refractivity contribution in [3.05, 3.63) is 24.0 Å². The van der Waals surface area contributed by atoms with Crippen molar-refractivity contribution >= 4 is 17.7 Å². The van der Waals surface area contributed by atoms with Gasteiger partial charge in [-0.1, -0.05) is 13.3 Å². The lowest BCUT2D eigenvalue weighted by molar-refractivity contribution is 0.0690. The summed E-state index contributed by atoms with van der Waals surface area (Å²) < 4.78 is 0. The number of unbranched alkanes of at least 4 members (excludes halogenated alkanes) is 1. The number of nitrogens with one attached hydrogen (secondary N) is 1. The number of anilines is 1. The van der Waals surface area contributed by atoms with Crippen molar-refractivity contribution in [2.75, 3.05) is 11.9 Å². The Bertz CT molecular complexity index is 483. The van der Waals surface area contributed by atoms with E-state index < -0.39 is 5.97 Å². The van der Waals surface area contributed by atoms with Crippen LogP contribution in [-0.2, 0) is 0 Å². The average Bonchev–Trinajstić information content (AvgIpc) is 3.24. The van der Waals surface area contributed by atoms with Crippen LogP contribution in [-0.4, -0.2) is 39.6 Å². The third-order valence-electron chi connectivity index (χ3n) is 3.23. The molecule has 2 rings (SSSR count). The van der Waals surface area contributed by atoms with Gasteiger partial charge in [0.25, 0.3) is 0 Å². The standard InChI is InChI=1S/C14H19N3O3/c1-2-3-8-17(11-5-6-11)14(20)16-10-4-7-12(13(18)19)15-9-10/h4,7,9,11H,2-3,5-6,8H2,1H3,(H,16,20)(H,18,19). The van der Waals surface area contributed by atoms with Crippen LogP contribution in [0.3, 0.4) is 0 Å². The monoisotopic (exact) mass is 277 g/mol. The van der Waals surface area contributed by atoms with E-state index in [1.165, 1.54) is 12.3 Å². The lowest BCUT2D eigenvalue weighted by Crippen LogP contribution is -2.37. The van der Waals surface area contributed by atoms with Gasteiger partial charge in [-0.25, -0.2) is 14.6 Å². The van der Waals surface area contributed by atoms with Crippen LogP contribution in [0.5, 0.6) is 0 Å². The number of carboxylic acid groups (broad SMARTS) is 1. The molecule has 6 nitrogen and oxygen atoms in total. The molecule has 0 aromatic carbocycles. The molecule has 0 radical (unpaired) electrons. The molecule has 1 aliphatic rings. The van der Waals surface area contributed by atoms with E-state index in [-0.39, 0.29) is 11.7 Å². The Hall–Kier alpha value is -2.11. The summed E-state index contributed by atoms with van der Waals surface area (Å²) in [5.74, 6) is -1.08. The van der Waals surface area contributed by atoms with Crippen LogP contribution < -0.4 is 5.32 Å². The Morgan fingerprint density at radius 1 is 1.45 bits per heavy atom. The van der Waals surface area contributed by atoms with Gasteiger partial charge in [-0.2, -0.15) is 0 Å². The van der Waals surface area contributed by atoms with Gasteiger partial charge in [-0.05, 0) is 31.4 Å². The van der Waals surface area contributed by atoms with Gasteiger partial charge in [0.15, 0.2) is 0 Å². The normalized spacial score (nSPS) is 13.8. The second-order valence-corrected chi connectivity index (χ2v) is 4.95. The quantitative estimate of drug-likeness (QED) is 0.837. The number of urea groups is 1. The zero-order valence-electron chi connectivity index (χ0n) is 11.5. The molecule has 1 aliphatic carbocycles. The summed E-state index contributed by atoms with van der Waals surface area (Å²) in [5.41, 5.74) is 0.482. The molecule has 6 heteroatoms. The van der Waals surface area contributed by atoms with E-state index in [1.54, 1.807) is 6.07 Å². The Morgan fingerprint density at radius 2 is 2.20 bits per heavy atom. The third kappa shape index (κ3) is 3.69. The molecule has 1 aromatic heterocycles. The Balaban J connectivity index is 1.96. The van der Waals surface area contributed by atoms with Crippen molar-refractivity contribution in [3.8, 4) is 0 Å². The zero-order valence-corrected chi connectivity index (χ0v) is 11.5. The Labute approximate surface area is 117 Å². The zero-order chi connectivity index (χ0) is 14.5. The summed E-state index contributed by atoms with van der Waals surface area (Å²) in [6.45, 7) is 2.85. The molecule has 2 N–H and O–H groups in total. The number of aromatic nitrogens is 1. The molecule has 0 aliphatic heterocycles. The fraction of sp³-hybridized carbons (Fsp3) is 0.500. The summed E-state index contributed by atoms with van der Waals surface area (Å²) in [4.78, 5) is 28.5. The highest BCUT2D eigenvalue weighted by molar-refractivity contribution is 5.90. The lowest BCUT2D eigenvalue weighted by atomic mass is 10.3. The van der Waals surface area contributed by atoms with E-state index in [4.69, 9.17) is 5.11 Å². The number of hydrogen-bond acceptors (Lipinski definition) is 3. The maximum atomic E-state index is 12.2. The molecule has 1 fully saturated rings. The number of amides is 2. The fourth-order valence-electron chi connectivity index (χ4n) is 1.95. The van der Waals surface area contributed by atoms with Crippen molar-refractivity contribution < 1.29 is 14.7 Å². The van der Waals surface area contributed by atoms with Crippen LogP contribution in [0.15, 0.2) is 18.3 Å². The highest BCUT2D eigenvalue weighted by Crippen LogP contribution is 2.27. The molecule has 0 bridgehead atoms. The molecular formula is C14H19N3O3. The van der Waals surface area contributed by atoms with Crippen LogP contribution in [0.25, 0.3) is 0 Å². The first kappa shape index (κ1) is 14.3. The predicted molar refractivity (Wildman–Crippen MR) is 74.9 cm³/mol. The third-order valence-corrected chi connectivity index (χ3v) is 3.23. The van der Waals surface area contributed by atoms with E-state index in [2.05, 4.69) is 17.2 Å².